The van der Waals surface area contributed by atoms with E-state index >= 15 is 0 Å². The molecule has 16 heteroatoms. The topological polar surface area (TPSA) is 210 Å². The second-order valence-electron chi connectivity index (χ2n) is 10.0. The van der Waals surface area contributed by atoms with Gasteiger partial charge in [0.25, 0.3) is 0 Å². The number of hydrogen-bond donors (Lipinski definition) is 5. The Morgan fingerprint density at radius 1 is 1.23 bits per heavy atom. The molecule has 0 spiro atoms. The molecule has 0 unspecified atom stereocenters. The molecular weight excluding hydrogens is 583 g/mol. The number of esters is 1. The van der Waals surface area contributed by atoms with E-state index in [1.807, 2.05) is 25.4 Å². The Morgan fingerprint density at radius 3 is 2.60 bits per heavy atom. The summed E-state index contributed by atoms with van der Waals surface area (Å²) < 4.78 is 37.7. The van der Waals surface area contributed by atoms with Crippen molar-refractivity contribution < 1.29 is 43.3 Å². The van der Waals surface area contributed by atoms with E-state index in [4.69, 9.17) is 18.5 Å². The van der Waals surface area contributed by atoms with Gasteiger partial charge in [0.2, 0.25) is 5.60 Å². The van der Waals surface area contributed by atoms with Crippen LogP contribution in [-0.2, 0) is 29.0 Å². The summed E-state index contributed by atoms with van der Waals surface area (Å²) in [7, 11) is -4.34. The first kappa shape index (κ1) is 32.3. The lowest BCUT2D eigenvalue weighted by Crippen LogP contribution is -2.41. The molecule has 2 aromatic heterocycles. The molecule has 6 atom stereocenters. The Kier molecular flexibility index (Phi) is 10.4. The van der Waals surface area contributed by atoms with Crippen LogP contribution in [0.3, 0.4) is 0 Å². The number of carbonyl (C=O) groups excluding carboxylic acids is 1. The molecule has 15 nitrogen and oxygen atoms in total. The molecule has 0 aliphatic carbocycles. The average molecular weight is 619 g/mol. The first-order valence-corrected chi connectivity index (χ1v) is 15.3. The molecule has 0 radical (unpaired) electrons. The fourth-order valence-electron chi connectivity index (χ4n) is 4.64. The highest BCUT2D eigenvalue weighted by molar-refractivity contribution is 7.52. The zero-order valence-electron chi connectivity index (χ0n) is 23.9. The van der Waals surface area contributed by atoms with Crippen molar-refractivity contribution in [2.75, 3.05) is 18.7 Å². The zero-order chi connectivity index (χ0) is 31.2. The predicted molar refractivity (Wildman–Crippen MR) is 151 cm³/mol. The number of para-hydroxylation sites is 1. The highest BCUT2D eigenvalue weighted by atomic mass is 31.2. The molecule has 0 amide bonds. The summed E-state index contributed by atoms with van der Waals surface area (Å²) in [5.74, 6) is -0.284. The first-order valence-electron chi connectivity index (χ1n) is 13.7. The maximum Gasteiger partial charge on any atom is 0.459 e. The van der Waals surface area contributed by atoms with Crippen molar-refractivity contribution in [1.29, 1.82) is 5.26 Å². The van der Waals surface area contributed by atoms with Crippen LogP contribution in [0, 0.1) is 17.2 Å². The van der Waals surface area contributed by atoms with Crippen LogP contribution in [0.4, 0.5) is 5.82 Å². The molecule has 0 bridgehead atoms. The van der Waals surface area contributed by atoms with Gasteiger partial charge in [-0.3, -0.25) is 20.0 Å². The number of nitrogens with zero attached hydrogens (tertiary/aromatic N) is 4. The van der Waals surface area contributed by atoms with Crippen LogP contribution < -0.4 is 15.1 Å². The third-order valence-electron chi connectivity index (χ3n) is 7.26. The number of anilines is 1. The van der Waals surface area contributed by atoms with E-state index in [2.05, 4.69) is 15.2 Å². The number of hydrogen-bond acceptors (Lipinski definition) is 13. The minimum atomic E-state index is -4.34. The Balaban J connectivity index is 1.54. The number of carbonyl (C=O) groups is 1. The van der Waals surface area contributed by atoms with Gasteiger partial charge in [0.15, 0.2) is 5.82 Å². The van der Waals surface area contributed by atoms with Gasteiger partial charge in [-0.2, -0.15) is 15.4 Å². The van der Waals surface area contributed by atoms with Crippen molar-refractivity contribution in [1.82, 2.24) is 19.7 Å². The van der Waals surface area contributed by atoms with Gasteiger partial charge in [-0.05, 0) is 37.1 Å². The van der Waals surface area contributed by atoms with Crippen LogP contribution in [-0.4, -0.2) is 73.6 Å². The average Bonchev–Trinajstić information content (AvgIpc) is 3.56. The minimum Gasteiger partial charge on any atom is -0.464 e. The number of rotatable bonds is 14. The van der Waals surface area contributed by atoms with Gasteiger partial charge in [-0.1, -0.05) is 44.9 Å². The molecule has 1 fully saturated rings. The summed E-state index contributed by atoms with van der Waals surface area (Å²) in [6, 6.07) is 11.8. The number of aromatic nitrogens is 3. The highest BCUT2D eigenvalue weighted by Gasteiger charge is 2.58. The maximum absolute atomic E-state index is 13.9. The Morgan fingerprint density at radius 2 is 1.95 bits per heavy atom. The second-order valence-corrected chi connectivity index (χ2v) is 11.7. The van der Waals surface area contributed by atoms with E-state index in [0.717, 1.165) is 19.2 Å². The minimum absolute atomic E-state index is 0.0277. The van der Waals surface area contributed by atoms with Crippen LogP contribution >= 0.6 is 7.75 Å². The fourth-order valence-corrected chi connectivity index (χ4v) is 6.14. The molecular formula is C27H35N6O9P. The smallest absolute Gasteiger partial charge is 0.459 e. The molecule has 0 saturated carbocycles. The normalized spacial score (nSPS) is 23.9. The van der Waals surface area contributed by atoms with E-state index in [0.29, 0.717) is 0 Å². The van der Waals surface area contributed by atoms with E-state index in [1.54, 1.807) is 18.2 Å². The molecule has 1 saturated heterocycles. The highest BCUT2D eigenvalue weighted by Crippen LogP contribution is 2.47. The van der Waals surface area contributed by atoms with Crippen LogP contribution in [0.25, 0.3) is 5.52 Å². The van der Waals surface area contributed by atoms with Gasteiger partial charge in [0.05, 0.1) is 18.9 Å². The zero-order valence-corrected chi connectivity index (χ0v) is 24.8. The SMILES string of the molecule is CCC(CC)COC(=O)[C@H](C)N[P@](=O)(OC[C@H]1O[C@@](C#N)(c2ccc3c(NO)ncnn23)[C@H](O)[C@@H]1O)Oc1ccccc1. The Bertz CT molecular complexity index is 1480. The third kappa shape index (κ3) is 6.81. The summed E-state index contributed by atoms with van der Waals surface area (Å²) in [4.78, 5) is 16.6. The van der Waals surface area contributed by atoms with Crippen molar-refractivity contribution in [3.8, 4) is 11.8 Å². The van der Waals surface area contributed by atoms with Crippen LogP contribution in [0.2, 0.25) is 0 Å². The summed E-state index contributed by atoms with van der Waals surface area (Å²) in [6.45, 7) is 5.02. The molecule has 232 valence electrons. The van der Waals surface area contributed by atoms with Crippen molar-refractivity contribution in [2.24, 2.45) is 5.92 Å². The Hall–Kier alpha value is -3.61. The van der Waals surface area contributed by atoms with Gasteiger partial charge in [-0.15, -0.1) is 0 Å². The number of nitriles is 1. The number of ether oxygens (including phenoxy) is 2. The standard InChI is InChI=1S/C27H35N6O9P/c1-4-18(5-2)13-39-26(36)17(3)32-43(38,42-19-9-7-6-8-10-19)40-14-21-23(34)24(35)27(15-28,41-21)22-12-11-20-25(31-37)29-16-30-33(20)22/h6-12,16-18,21,23-24,34-35,37H,4-5,13-14H2,1-3H3,(H,32,38)(H,29,30,31)/t17-,21+,23+,24+,27-,43-/m0/s1. The largest absolute Gasteiger partial charge is 0.464 e. The summed E-state index contributed by atoms with van der Waals surface area (Å²) >= 11 is 0. The van der Waals surface area contributed by atoms with E-state index < -0.39 is 50.3 Å². The van der Waals surface area contributed by atoms with Crippen LogP contribution in [0.1, 0.15) is 39.3 Å². The van der Waals surface area contributed by atoms with Crippen molar-refractivity contribution in [2.45, 2.75) is 63.6 Å². The lowest BCUT2D eigenvalue weighted by molar-refractivity contribution is -0.146. The molecule has 3 aromatic rings. The van der Waals surface area contributed by atoms with Gasteiger partial charge >= 0.3 is 13.7 Å². The molecule has 5 N–H and O–H groups in total. The van der Waals surface area contributed by atoms with Crippen LogP contribution in [0.15, 0.2) is 48.8 Å². The Labute approximate surface area is 247 Å². The number of fused-ring (bicyclic) bond motifs is 1. The van der Waals surface area contributed by atoms with Crippen LogP contribution in [0.5, 0.6) is 5.75 Å². The van der Waals surface area contributed by atoms with Crippen molar-refractivity contribution in [3.05, 3.63) is 54.5 Å². The fraction of sp³-hybridized carbons (Fsp3) is 0.481. The quantitative estimate of drug-likeness (QED) is 0.0999. The van der Waals surface area contributed by atoms with Gasteiger partial charge in [-0.25, -0.2) is 14.1 Å². The lowest BCUT2D eigenvalue weighted by Gasteiger charge is -2.25. The predicted octanol–water partition coefficient (Wildman–Crippen LogP) is 2.53. The molecule has 1 aromatic carbocycles. The number of benzene rings is 1. The maximum atomic E-state index is 13.9. The molecule has 1 aliphatic heterocycles. The molecule has 4 rings (SSSR count). The van der Waals surface area contributed by atoms with Gasteiger partial charge < -0.3 is 24.2 Å². The molecule has 43 heavy (non-hydrogen) atoms. The van der Waals surface area contributed by atoms with E-state index in [1.165, 1.54) is 35.7 Å². The monoisotopic (exact) mass is 618 g/mol. The number of aliphatic hydroxyl groups excluding tert-OH is 2. The molecule has 3 heterocycles. The van der Waals surface area contributed by atoms with Crippen molar-refractivity contribution in [3.63, 3.8) is 0 Å². The van der Waals surface area contributed by atoms with E-state index in [-0.39, 0.29) is 35.3 Å². The van der Waals surface area contributed by atoms with E-state index in [9.17, 15) is 30.0 Å². The number of aliphatic hydroxyl groups is 2. The lowest BCUT2D eigenvalue weighted by atomic mass is 9.92. The van der Waals surface area contributed by atoms with Gasteiger partial charge in [0.1, 0.15) is 48.0 Å². The summed E-state index contributed by atoms with van der Waals surface area (Å²) in [6.07, 6.45) is -2.06. The second kappa shape index (κ2) is 13.8. The number of nitrogens with one attached hydrogen (secondary N) is 2. The first-order chi connectivity index (χ1) is 20.6. The third-order valence-corrected chi connectivity index (χ3v) is 8.91. The molecule has 1 aliphatic rings. The van der Waals surface area contributed by atoms with Crippen molar-refractivity contribution >= 4 is 25.1 Å². The van der Waals surface area contributed by atoms with Gasteiger partial charge in [0, 0.05) is 0 Å². The summed E-state index contributed by atoms with van der Waals surface area (Å²) in [5, 5.41) is 48.1. The summed E-state index contributed by atoms with van der Waals surface area (Å²) in [5.41, 5.74) is 0.0808.